The normalized spacial score (nSPS) is 10.6. The van der Waals surface area contributed by atoms with Crippen LogP contribution in [0.4, 0.5) is 5.82 Å². The fraction of sp³-hybridized carbons (Fsp3) is 0.150. The Labute approximate surface area is 176 Å². The molecule has 0 saturated carbocycles. The molecule has 0 atom stereocenters. The van der Waals surface area contributed by atoms with Gasteiger partial charge in [-0.15, -0.1) is 11.3 Å². The van der Waals surface area contributed by atoms with Crippen LogP contribution in [0, 0.1) is 0 Å². The van der Waals surface area contributed by atoms with Gasteiger partial charge in [-0.1, -0.05) is 0 Å². The molecule has 30 heavy (non-hydrogen) atoms. The first kappa shape index (κ1) is 19.5. The summed E-state index contributed by atoms with van der Waals surface area (Å²) in [5, 5.41) is 10.2. The van der Waals surface area contributed by atoms with E-state index in [9.17, 15) is 4.79 Å². The van der Waals surface area contributed by atoms with Gasteiger partial charge in [-0.3, -0.25) is 9.89 Å². The molecule has 0 saturated heterocycles. The zero-order chi connectivity index (χ0) is 20.9. The van der Waals surface area contributed by atoms with Gasteiger partial charge >= 0.3 is 0 Å². The summed E-state index contributed by atoms with van der Waals surface area (Å²) < 4.78 is 10.8. The molecule has 0 aliphatic carbocycles. The Balaban J connectivity index is 1.58. The molecule has 2 N–H and O–H groups in total. The lowest BCUT2D eigenvalue weighted by molar-refractivity contribution is 0.102. The molecule has 0 aliphatic rings. The van der Waals surface area contributed by atoms with Crippen molar-refractivity contribution in [3.63, 3.8) is 0 Å². The molecule has 0 bridgehead atoms. The lowest BCUT2D eigenvalue weighted by Gasteiger charge is -2.06. The Morgan fingerprint density at radius 2 is 2.03 bits per heavy atom. The Hall–Kier alpha value is -3.79. The van der Waals surface area contributed by atoms with E-state index in [1.54, 1.807) is 43.6 Å². The molecule has 0 aliphatic heterocycles. The number of benzene rings is 1. The topological polar surface area (TPSA) is 115 Å². The van der Waals surface area contributed by atoms with Crippen LogP contribution in [-0.2, 0) is 0 Å². The third-order valence-corrected chi connectivity index (χ3v) is 5.20. The Bertz CT molecular complexity index is 1140. The van der Waals surface area contributed by atoms with E-state index in [1.807, 2.05) is 13.0 Å². The number of carbonyl (C=O) groups is 1. The van der Waals surface area contributed by atoms with E-state index < -0.39 is 0 Å². The zero-order valence-electron chi connectivity index (χ0n) is 16.2. The number of hydrogen-bond donors (Lipinski definition) is 2. The minimum absolute atomic E-state index is 0.265. The maximum Gasteiger partial charge on any atom is 0.256 e. The van der Waals surface area contributed by atoms with Crippen LogP contribution < -0.4 is 14.8 Å². The molecular weight excluding hydrogens is 404 g/mol. The summed E-state index contributed by atoms with van der Waals surface area (Å²) in [4.78, 5) is 26.3. The predicted octanol–water partition coefficient (Wildman–Crippen LogP) is 3.65. The number of carbonyl (C=O) groups excluding carboxylic acids is 1. The monoisotopic (exact) mass is 422 g/mol. The van der Waals surface area contributed by atoms with Gasteiger partial charge in [0.05, 0.1) is 13.7 Å². The maximum absolute atomic E-state index is 12.5. The van der Waals surface area contributed by atoms with Gasteiger partial charge in [0.2, 0.25) is 5.88 Å². The molecule has 10 heteroatoms. The summed E-state index contributed by atoms with van der Waals surface area (Å²) in [6.45, 7) is 2.37. The van der Waals surface area contributed by atoms with Crippen LogP contribution in [0.2, 0.25) is 0 Å². The van der Waals surface area contributed by atoms with Gasteiger partial charge in [0, 0.05) is 17.3 Å². The molecule has 0 unspecified atom stereocenters. The molecule has 1 amide bonds. The van der Waals surface area contributed by atoms with Gasteiger partial charge in [-0.2, -0.15) is 5.10 Å². The van der Waals surface area contributed by atoms with Crippen molar-refractivity contribution >= 4 is 23.1 Å². The predicted molar refractivity (Wildman–Crippen MR) is 113 cm³/mol. The van der Waals surface area contributed by atoms with Gasteiger partial charge in [-0.05, 0) is 43.3 Å². The van der Waals surface area contributed by atoms with Crippen LogP contribution in [0.3, 0.4) is 0 Å². The van der Waals surface area contributed by atoms with Crippen molar-refractivity contribution in [3.8, 4) is 32.9 Å². The molecule has 3 heterocycles. The number of methoxy groups -OCH3 is 1. The largest absolute Gasteiger partial charge is 0.497 e. The number of amides is 1. The molecule has 3 aromatic heterocycles. The summed E-state index contributed by atoms with van der Waals surface area (Å²) in [5.74, 6) is 1.91. The summed E-state index contributed by atoms with van der Waals surface area (Å²) in [5.41, 5.74) is 1.30. The first-order valence-corrected chi connectivity index (χ1v) is 9.90. The number of thiazole rings is 1. The third-order valence-electron chi connectivity index (χ3n) is 4.11. The second-order valence-electron chi connectivity index (χ2n) is 6.03. The molecular formula is C20H18N6O3S. The lowest BCUT2D eigenvalue weighted by Crippen LogP contribution is -2.12. The van der Waals surface area contributed by atoms with E-state index in [0.29, 0.717) is 40.4 Å². The van der Waals surface area contributed by atoms with Gasteiger partial charge < -0.3 is 14.8 Å². The van der Waals surface area contributed by atoms with E-state index >= 15 is 0 Å². The number of pyridine rings is 1. The minimum atomic E-state index is -0.265. The maximum atomic E-state index is 12.5. The Morgan fingerprint density at radius 3 is 2.73 bits per heavy atom. The third kappa shape index (κ3) is 4.13. The number of nitrogens with zero attached hydrogens (tertiary/aromatic N) is 4. The highest BCUT2D eigenvalue weighted by Crippen LogP contribution is 2.38. The Kier molecular flexibility index (Phi) is 5.66. The van der Waals surface area contributed by atoms with Crippen molar-refractivity contribution in [1.29, 1.82) is 0 Å². The van der Waals surface area contributed by atoms with Crippen molar-refractivity contribution < 1.29 is 14.3 Å². The Morgan fingerprint density at radius 1 is 1.20 bits per heavy atom. The fourth-order valence-corrected chi connectivity index (χ4v) is 3.65. The highest BCUT2D eigenvalue weighted by Gasteiger charge is 2.18. The average molecular weight is 422 g/mol. The van der Waals surface area contributed by atoms with Crippen LogP contribution >= 0.6 is 11.3 Å². The van der Waals surface area contributed by atoms with E-state index in [0.717, 1.165) is 10.4 Å². The average Bonchev–Trinajstić information content (AvgIpc) is 3.44. The molecule has 1 aromatic carbocycles. The van der Waals surface area contributed by atoms with Gasteiger partial charge in [-0.25, -0.2) is 15.0 Å². The lowest BCUT2D eigenvalue weighted by atomic mass is 10.2. The molecule has 4 rings (SSSR count). The molecule has 0 fully saturated rings. The number of rotatable bonds is 7. The van der Waals surface area contributed by atoms with Gasteiger partial charge in [0.15, 0.2) is 5.82 Å². The van der Waals surface area contributed by atoms with E-state index in [1.165, 1.54) is 17.7 Å². The number of aromatic amines is 1. The van der Waals surface area contributed by atoms with Crippen LogP contribution in [0.15, 0.2) is 48.9 Å². The fourth-order valence-electron chi connectivity index (χ4n) is 2.69. The van der Waals surface area contributed by atoms with Crippen LogP contribution in [0.25, 0.3) is 21.3 Å². The first-order chi connectivity index (χ1) is 14.7. The zero-order valence-corrected chi connectivity index (χ0v) is 17.1. The highest BCUT2D eigenvalue weighted by atomic mass is 32.1. The van der Waals surface area contributed by atoms with Crippen molar-refractivity contribution in [2.24, 2.45) is 0 Å². The molecule has 4 aromatic rings. The second kappa shape index (κ2) is 8.70. The van der Waals surface area contributed by atoms with Crippen molar-refractivity contribution in [2.45, 2.75) is 6.92 Å². The van der Waals surface area contributed by atoms with Crippen LogP contribution in [0.5, 0.6) is 11.6 Å². The second-order valence-corrected chi connectivity index (χ2v) is 7.03. The molecule has 9 nitrogen and oxygen atoms in total. The number of anilines is 1. The summed E-state index contributed by atoms with van der Waals surface area (Å²) in [6, 6.07) is 10.4. The quantitative estimate of drug-likeness (QED) is 0.467. The SMILES string of the molecule is CCOc1nc(-c2ccnc(NC(=O)c3ccc(OC)cc3)c2)sc1-c1ncn[nH]1. The number of hydrogen-bond acceptors (Lipinski definition) is 8. The number of ether oxygens (including phenoxy) is 2. The molecule has 0 spiro atoms. The van der Waals surface area contributed by atoms with Crippen molar-refractivity contribution in [3.05, 3.63) is 54.5 Å². The standard InChI is InChI=1S/C20H18N6O3S/c1-3-29-19-16(17-22-11-23-26-17)30-20(25-19)13-8-9-21-15(10-13)24-18(27)12-4-6-14(28-2)7-5-12/h4-11H,3H2,1-2H3,(H,21,24,27)(H,22,23,26). The number of H-pyrrole nitrogens is 1. The van der Waals surface area contributed by atoms with Crippen molar-refractivity contribution in [2.75, 3.05) is 19.0 Å². The number of nitrogens with one attached hydrogen (secondary N) is 2. The van der Waals surface area contributed by atoms with Crippen LogP contribution in [0.1, 0.15) is 17.3 Å². The van der Waals surface area contributed by atoms with Gasteiger partial charge in [0.1, 0.15) is 27.8 Å². The molecule has 152 valence electrons. The summed E-state index contributed by atoms with van der Waals surface area (Å²) >= 11 is 1.41. The summed E-state index contributed by atoms with van der Waals surface area (Å²) in [6.07, 6.45) is 3.05. The van der Waals surface area contributed by atoms with Gasteiger partial charge in [0.25, 0.3) is 5.91 Å². The van der Waals surface area contributed by atoms with E-state index in [4.69, 9.17) is 9.47 Å². The summed E-state index contributed by atoms with van der Waals surface area (Å²) in [7, 11) is 1.58. The minimum Gasteiger partial charge on any atom is -0.497 e. The number of aromatic nitrogens is 5. The molecule has 0 radical (unpaired) electrons. The first-order valence-electron chi connectivity index (χ1n) is 9.09. The van der Waals surface area contributed by atoms with Crippen LogP contribution in [-0.4, -0.2) is 44.8 Å². The van der Waals surface area contributed by atoms with Crippen molar-refractivity contribution in [1.82, 2.24) is 25.1 Å². The van der Waals surface area contributed by atoms with E-state index in [-0.39, 0.29) is 5.91 Å². The highest BCUT2D eigenvalue weighted by molar-refractivity contribution is 7.18. The van der Waals surface area contributed by atoms with E-state index in [2.05, 4.69) is 30.5 Å². The smallest absolute Gasteiger partial charge is 0.256 e.